The third kappa shape index (κ3) is 4.75. The minimum atomic E-state index is -1.53. The van der Waals surface area contributed by atoms with Crippen LogP contribution in [0.3, 0.4) is 0 Å². The highest BCUT2D eigenvalue weighted by atomic mass is 19.2. The maximum atomic E-state index is 14.5. The van der Waals surface area contributed by atoms with Crippen LogP contribution in [0.4, 0.5) is 26.3 Å². The van der Waals surface area contributed by atoms with E-state index in [1.165, 1.54) is 25.1 Å². The van der Waals surface area contributed by atoms with Crippen LogP contribution >= 0.6 is 0 Å². The number of allylic oxidation sites excluding steroid dienone is 1. The fraction of sp³-hybridized carbons (Fsp3) is 0.167. The van der Waals surface area contributed by atoms with Crippen LogP contribution in [-0.4, -0.2) is 0 Å². The molecule has 0 spiro atoms. The maximum absolute atomic E-state index is 14.5. The van der Waals surface area contributed by atoms with Gasteiger partial charge in [-0.3, -0.25) is 0 Å². The van der Waals surface area contributed by atoms with Gasteiger partial charge in [-0.05, 0) is 59.7 Å². The first-order valence-electron chi connectivity index (χ1n) is 9.37. The molecule has 0 saturated carbocycles. The van der Waals surface area contributed by atoms with Crippen LogP contribution in [0.2, 0.25) is 0 Å². The van der Waals surface area contributed by atoms with Crippen molar-refractivity contribution in [3.8, 4) is 11.1 Å². The molecule has 0 unspecified atom stereocenters. The molecule has 0 amide bonds. The average molecular weight is 420 g/mol. The van der Waals surface area contributed by atoms with Crippen LogP contribution in [0, 0.1) is 23.3 Å². The molecule has 0 radical (unpaired) electrons. The van der Waals surface area contributed by atoms with Crippen LogP contribution < -0.4 is 0 Å². The maximum Gasteiger partial charge on any atom is 0.194 e. The topological polar surface area (TPSA) is 0 Å². The summed E-state index contributed by atoms with van der Waals surface area (Å²) in [5, 5.41) is 0. The fourth-order valence-electron chi connectivity index (χ4n) is 3.08. The molecule has 0 aromatic heterocycles. The summed E-state index contributed by atoms with van der Waals surface area (Å²) in [6.45, 7) is 1.51. The third-order valence-corrected chi connectivity index (χ3v) is 4.80. The van der Waals surface area contributed by atoms with Gasteiger partial charge in [0.2, 0.25) is 0 Å². The smallest absolute Gasteiger partial charge is 0.194 e. The van der Waals surface area contributed by atoms with E-state index in [4.69, 9.17) is 0 Å². The summed E-state index contributed by atoms with van der Waals surface area (Å²) in [5.74, 6) is -6.36. The van der Waals surface area contributed by atoms with Gasteiger partial charge in [0.05, 0.1) is 0 Å². The Morgan fingerprint density at radius 2 is 1.30 bits per heavy atom. The summed E-state index contributed by atoms with van der Waals surface area (Å²) in [5.41, 5.74) is 1.83. The molecular weight excluding hydrogens is 402 g/mol. The second kappa shape index (κ2) is 9.20. The predicted octanol–water partition coefficient (Wildman–Crippen LogP) is 7.71. The molecule has 0 aliphatic rings. The molecular formula is C24H18F6. The van der Waals surface area contributed by atoms with Gasteiger partial charge in [0, 0.05) is 5.56 Å². The molecule has 0 aliphatic carbocycles. The molecule has 0 saturated heterocycles. The lowest BCUT2D eigenvalue weighted by Crippen LogP contribution is -1.99. The summed E-state index contributed by atoms with van der Waals surface area (Å²) in [6, 6.07) is 12.3. The van der Waals surface area contributed by atoms with Crippen LogP contribution in [0.5, 0.6) is 0 Å². The van der Waals surface area contributed by atoms with Crippen molar-refractivity contribution in [2.45, 2.75) is 26.2 Å². The number of rotatable bonds is 6. The Morgan fingerprint density at radius 1 is 0.700 bits per heavy atom. The zero-order valence-corrected chi connectivity index (χ0v) is 16.1. The van der Waals surface area contributed by atoms with Gasteiger partial charge >= 0.3 is 0 Å². The zero-order chi connectivity index (χ0) is 21.8. The molecule has 3 aromatic carbocycles. The lowest BCUT2D eigenvalue weighted by atomic mass is 9.98. The van der Waals surface area contributed by atoms with Gasteiger partial charge in [-0.1, -0.05) is 43.3 Å². The van der Waals surface area contributed by atoms with Crippen LogP contribution in [0.15, 0.2) is 60.4 Å². The normalized spacial score (nSPS) is 12.1. The highest BCUT2D eigenvalue weighted by Gasteiger charge is 2.12. The van der Waals surface area contributed by atoms with Crippen molar-refractivity contribution in [2.75, 3.05) is 0 Å². The number of halogens is 6. The van der Waals surface area contributed by atoms with Crippen LogP contribution in [-0.2, 0) is 12.8 Å². The molecule has 0 aliphatic heterocycles. The quantitative estimate of drug-likeness (QED) is 0.283. The van der Waals surface area contributed by atoms with Gasteiger partial charge in [-0.2, -0.15) is 0 Å². The van der Waals surface area contributed by atoms with Crippen molar-refractivity contribution in [3.63, 3.8) is 0 Å². The van der Waals surface area contributed by atoms with E-state index in [0.717, 1.165) is 12.1 Å². The lowest BCUT2D eigenvalue weighted by Gasteiger charge is -2.08. The van der Waals surface area contributed by atoms with Gasteiger partial charge in [0.25, 0.3) is 0 Å². The molecule has 30 heavy (non-hydrogen) atoms. The Labute approximate surface area is 170 Å². The molecule has 0 N–H and O–H groups in total. The second-order valence-electron chi connectivity index (χ2n) is 6.83. The summed E-state index contributed by atoms with van der Waals surface area (Å²) < 4.78 is 81.3. The van der Waals surface area contributed by atoms with Crippen molar-refractivity contribution in [3.05, 3.63) is 100 Å². The Kier molecular flexibility index (Phi) is 6.65. The minimum Gasteiger partial charge on any atom is -0.209 e. The highest BCUT2D eigenvalue weighted by molar-refractivity contribution is 5.68. The van der Waals surface area contributed by atoms with Gasteiger partial charge < -0.3 is 0 Å². The largest absolute Gasteiger partial charge is 0.209 e. The van der Waals surface area contributed by atoms with Gasteiger partial charge in [0.15, 0.2) is 23.3 Å². The molecule has 3 rings (SSSR count). The monoisotopic (exact) mass is 420 g/mol. The standard InChI is InChI=1S/C24H18F6/c1-2-19(25)23(29)17-8-5-15(6-9-17)18-10-7-16(20(26)13-18)4-3-14-11-21(27)24(30)22(28)12-14/h5-13H,2-4H2,1H3. The van der Waals surface area contributed by atoms with Crippen molar-refractivity contribution < 1.29 is 26.3 Å². The number of aryl methyl sites for hydroxylation is 2. The Morgan fingerprint density at radius 3 is 1.87 bits per heavy atom. The van der Waals surface area contributed by atoms with Crippen molar-refractivity contribution in [2.24, 2.45) is 0 Å². The van der Waals surface area contributed by atoms with E-state index in [1.807, 2.05) is 0 Å². The first kappa shape index (κ1) is 21.7. The van der Waals surface area contributed by atoms with E-state index < -0.39 is 34.9 Å². The van der Waals surface area contributed by atoms with E-state index in [0.29, 0.717) is 16.7 Å². The first-order valence-corrected chi connectivity index (χ1v) is 9.37. The van der Waals surface area contributed by atoms with E-state index in [1.54, 1.807) is 24.3 Å². The van der Waals surface area contributed by atoms with E-state index in [9.17, 15) is 26.3 Å². The number of hydrogen-bond acceptors (Lipinski definition) is 0. The molecule has 156 valence electrons. The summed E-state index contributed by atoms with van der Waals surface area (Å²) in [4.78, 5) is 0. The Hall–Kier alpha value is -3.02. The third-order valence-electron chi connectivity index (χ3n) is 4.80. The second-order valence-corrected chi connectivity index (χ2v) is 6.83. The van der Waals surface area contributed by atoms with Crippen molar-refractivity contribution >= 4 is 5.83 Å². The van der Waals surface area contributed by atoms with E-state index in [2.05, 4.69) is 0 Å². The molecule has 0 heterocycles. The van der Waals surface area contributed by atoms with Gasteiger partial charge in [-0.25, -0.2) is 26.3 Å². The molecule has 6 heteroatoms. The first-order chi connectivity index (χ1) is 14.3. The predicted molar refractivity (Wildman–Crippen MR) is 105 cm³/mol. The SMILES string of the molecule is CCC(F)=C(F)c1ccc(-c2ccc(CCc3cc(F)c(F)c(F)c3)c(F)c2)cc1. The molecule has 0 fully saturated rings. The molecule has 3 aromatic rings. The number of benzene rings is 3. The number of hydrogen-bond donors (Lipinski definition) is 0. The molecule has 0 atom stereocenters. The molecule has 0 bridgehead atoms. The van der Waals surface area contributed by atoms with Crippen molar-refractivity contribution in [1.29, 1.82) is 0 Å². The Balaban J connectivity index is 1.75. The fourth-order valence-corrected chi connectivity index (χ4v) is 3.08. The van der Waals surface area contributed by atoms with Gasteiger partial charge in [-0.15, -0.1) is 0 Å². The Bertz CT molecular complexity index is 1060. The van der Waals surface area contributed by atoms with E-state index in [-0.39, 0.29) is 30.4 Å². The lowest BCUT2D eigenvalue weighted by molar-refractivity contribution is 0.445. The van der Waals surface area contributed by atoms with Crippen LogP contribution in [0.25, 0.3) is 17.0 Å². The van der Waals surface area contributed by atoms with Gasteiger partial charge in [0.1, 0.15) is 11.6 Å². The summed E-state index contributed by atoms with van der Waals surface area (Å²) in [6.07, 6.45) is 0.257. The summed E-state index contributed by atoms with van der Waals surface area (Å²) in [7, 11) is 0. The minimum absolute atomic E-state index is 0.0442. The van der Waals surface area contributed by atoms with Crippen molar-refractivity contribution in [1.82, 2.24) is 0 Å². The van der Waals surface area contributed by atoms with E-state index >= 15 is 0 Å². The molecule has 0 nitrogen and oxygen atoms in total. The van der Waals surface area contributed by atoms with Crippen LogP contribution in [0.1, 0.15) is 30.0 Å². The highest BCUT2D eigenvalue weighted by Crippen LogP contribution is 2.28. The zero-order valence-electron chi connectivity index (χ0n) is 16.1. The summed E-state index contributed by atoms with van der Waals surface area (Å²) >= 11 is 0. The average Bonchev–Trinajstić information content (AvgIpc) is 2.75.